The third-order valence-corrected chi connectivity index (χ3v) is 2.45. The van der Waals surface area contributed by atoms with E-state index in [-0.39, 0.29) is 16.0 Å². The third kappa shape index (κ3) is 1.73. The van der Waals surface area contributed by atoms with Crippen LogP contribution in [0, 0.1) is 10.1 Å². The van der Waals surface area contributed by atoms with Gasteiger partial charge in [-0.3, -0.25) is 10.1 Å². The Morgan fingerprint density at radius 2 is 2.00 bits per heavy atom. The summed E-state index contributed by atoms with van der Waals surface area (Å²) >= 11 is 11.5. The molecule has 0 saturated carbocycles. The maximum absolute atomic E-state index is 10.7. The highest BCUT2D eigenvalue weighted by Crippen LogP contribution is 2.31. The molecule has 0 bridgehead atoms. The molecule has 0 aliphatic carbocycles. The van der Waals surface area contributed by atoms with E-state index in [2.05, 4.69) is 4.98 Å². The van der Waals surface area contributed by atoms with Crippen molar-refractivity contribution in [1.29, 1.82) is 0 Å². The number of pyridine rings is 1. The lowest BCUT2D eigenvalue weighted by Crippen LogP contribution is -1.90. The molecule has 0 saturated heterocycles. The molecule has 0 aliphatic rings. The zero-order valence-electron chi connectivity index (χ0n) is 7.28. The zero-order chi connectivity index (χ0) is 11.0. The van der Waals surface area contributed by atoms with Crippen molar-refractivity contribution in [2.45, 2.75) is 0 Å². The van der Waals surface area contributed by atoms with Gasteiger partial charge in [0.1, 0.15) is 10.3 Å². The van der Waals surface area contributed by atoms with Gasteiger partial charge in [-0.1, -0.05) is 35.3 Å². The van der Waals surface area contributed by atoms with Gasteiger partial charge in [0.25, 0.3) is 5.69 Å². The highest BCUT2D eigenvalue weighted by molar-refractivity contribution is 6.36. The fourth-order valence-corrected chi connectivity index (χ4v) is 1.84. The van der Waals surface area contributed by atoms with E-state index >= 15 is 0 Å². The van der Waals surface area contributed by atoms with Crippen LogP contribution in [0.1, 0.15) is 0 Å². The van der Waals surface area contributed by atoms with E-state index in [1.807, 2.05) is 0 Å². The summed E-state index contributed by atoms with van der Waals surface area (Å²) in [6.07, 6.45) is 0. The molecule has 0 aliphatic heterocycles. The number of nitro groups is 1. The standard InChI is InChI=1S/C9H4Cl2N2O2/c10-8-4-6-5(9(11)12-8)2-1-3-7(6)13(14)15/h1-4H. The second kappa shape index (κ2) is 3.64. The van der Waals surface area contributed by atoms with E-state index in [0.717, 1.165) is 0 Å². The van der Waals surface area contributed by atoms with Crippen LogP contribution in [0.25, 0.3) is 10.8 Å². The van der Waals surface area contributed by atoms with E-state index < -0.39 is 4.92 Å². The van der Waals surface area contributed by atoms with E-state index in [0.29, 0.717) is 10.8 Å². The molecule has 0 unspecified atom stereocenters. The first kappa shape index (κ1) is 10.1. The van der Waals surface area contributed by atoms with Crippen molar-refractivity contribution in [3.05, 3.63) is 44.7 Å². The number of benzene rings is 1. The summed E-state index contributed by atoms with van der Waals surface area (Å²) in [5.41, 5.74) is -0.0290. The van der Waals surface area contributed by atoms with Crippen LogP contribution in [0.2, 0.25) is 10.3 Å². The van der Waals surface area contributed by atoms with Gasteiger partial charge in [-0.05, 0) is 6.07 Å². The van der Waals surface area contributed by atoms with Crippen LogP contribution in [0.15, 0.2) is 24.3 Å². The molecule has 1 heterocycles. The molecule has 1 aromatic carbocycles. The minimum Gasteiger partial charge on any atom is -0.258 e. The highest BCUT2D eigenvalue weighted by Gasteiger charge is 2.14. The van der Waals surface area contributed by atoms with Crippen LogP contribution in [0.3, 0.4) is 0 Å². The summed E-state index contributed by atoms with van der Waals surface area (Å²) in [4.78, 5) is 14.1. The molecular formula is C9H4Cl2N2O2. The predicted molar refractivity (Wildman–Crippen MR) is 58.4 cm³/mol. The molecule has 2 aromatic rings. The Labute approximate surface area is 94.6 Å². The zero-order valence-corrected chi connectivity index (χ0v) is 8.79. The van der Waals surface area contributed by atoms with Gasteiger partial charge < -0.3 is 0 Å². The third-order valence-electron chi connectivity index (χ3n) is 1.97. The molecule has 2 rings (SSSR count). The van der Waals surface area contributed by atoms with Crippen molar-refractivity contribution >= 4 is 39.7 Å². The molecule has 0 atom stereocenters. The number of fused-ring (bicyclic) bond motifs is 1. The van der Waals surface area contributed by atoms with Crippen LogP contribution >= 0.6 is 23.2 Å². The van der Waals surface area contributed by atoms with Gasteiger partial charge in [-0.25, -0.2) is 4.98 Å². The van der Waals surface area contributed by atoms with Crippen molar-refractivity contribution in [3.63, 3.8) is 0 Å². The average Bonchev–Trinajstić information content (AvgIpc) is 2.16. The molecule has 76 valence electrons. The van der Waals surface area contributed by atoms with E-state index in [1.165, 1.54) is 12.1 Å². The summed E-state index contributed by atoms with van der Waals surface area (Å²) < 4.78 is 0. The van der Waals surface area contributed by atoms with E-state index in [1.54, 1.807) is 12.1 Å². The molecule has 0 fully saturated rings. The van der Waals surface area contributed by atoms with Crippen LogP contribution in [0.5, 0.6) is 0 Å². The fourth-order valence-electron chi connectivity index (χ4n) is 1.35. The van der Waals surface area contributed by atoms with Crippen LogP contribution < -0.4 is 0 Å². The van der Waals surface area contributed by atoms with E-state index in [4.69, 9.17) is 23.2 Å². The first-order valence-corrected chi connectivity index (χ1v) is 4.74. The van der Waals surface area contributed by atoms with Gasteiger partial charge in [0.15, 0.2) is 0 Å². The number of non-ortho nitro benzene ring substituents is 1. The predicted octanol–water partition coefficient (Wildman–Crippen LogP) is 3.45. The lowest BCUT2D eigenvalue weighted by molar-refractivity contribution is -0.383. The molecule has 4 nitrogen and oxygen atoms in total. The number of halogens is 2. The number of nitro benzene ring substituents is 1. The first-order valence-electron chi connectivity index (χ1n) is 3.99. The number of nitrogens with zero attached hydrogens (tertiary/aromatic N) is 2. The Bertz CT molecular complexity index is 557. The summed E-state index contributed by atoms with van der Waals surface area (Å²) in [7, 11) is 0. The topological polar surface area (TPSA) is 56.0 Å². The van der Waals surface area contributed by atoms with Crippen LogP contribution in [0.4, 0.5) is 5.69 Å². The molecule has 0 radical (unpaired) electrons. The molecule has 6 heteroatoms. The van der Waals surface area contributed by atoms with E-state index in [9.17, 15) is 10.1 Å². The van der Waals surface area contributed by atoms with Gasteiger partial charge in [-0.15, -0.1) is 0 Å². The number of hydrogen-bond acceptors (Lipinski definition) is 3. The lowest BCUT2D eigenvalue weighted by atomic mass is 10.1. The maximum Gasteiger partial charge on any atom is 0.277 e. The lowest BCUT2D eigenvalue weighted by Gasteiger charge is -2.01. The van der Waals surface area contributed by atoms with Crippen molar-refractivity contribution in [1.82, 2.24) is 4.98 Å². The maximum atomic E-state index is 10.7. The number of aromatic nitrogens is 1. The Hall–Kier alpha value is -1.39. The minimum absolute atomic E-state index is 0.0290. The highest BCUT2D eigenvalue weighted by atomic mass is 35.5. The molecule has 0 N–H and O–H groups in total. The Morgan fingerprint density at radius 3 is 2.67 bits per heavy atom. The van der Waals surface area contributed by atoms with Gasteiger partial charge >= 0.3 is 0 Å². The van der Waals surface area contributed by atoms with Crippen LogP contribution in [-0.2, 0) is 0 Å². The van der Waals surface area contributed by atoms with Gasteiger partial charge in [-0.2, -0.15) is 0 Å². The summed E-state index contributed by atoms with van der Waals surface area (Å²) in [5, 5.41) is 12.0. The molecule has 0 amide bonds. The number of rotatable bonds is 1. The number of hydrogen-bond donors (Lipinski definition) is 0. The largest absolute Gasteiger partial charge is 0.277 e. The van der Waals surface area contributed by atoms with Crippen molar-refractivity contribution in [2.75, 3.05) is 0 Å². The molecular weight excluding hydrogens is 239 g/mol. The summed E-state index contributed by atoms with van der Waals surface area (Å²) in [6.45, 7) is 0. The Kier molecular flexibility index (Phi) is 2.46. The summed E-state index contributed by atoms with van der Waals surface area (Å²) in [6, 6.07) is 6.05. The quantitative estimate of drug-likeness (QED) is 0.437. The Morgan fingerprint density at radius 1 is 1.27 bits per heavy atom. The summed E-state index contributed by atoms with van der Waals surface area (Å²) in [5.74, 6) is 0. The fraction of sp³-hybridized carbons (Fsp3) is 0. The van der Waals surface area contributed by atoms with Crippen molar-refractivity contribution < 1.29 is 4.92 Å². The second-order valence-electron chi connectivity index (χ2n) is 2.87. The van der Waals surface area contributed by atoms with Crippen LogP contribution in [-0.4, -0.2) is 9.91 Å². The SMILES string of the molecule is O=[N+]([O-])c1cccc2c(Cl)nc(Cl)cc12. The normalized spacial score (nSPS) is 10.5. The van der Waals surface area contributed by atoms with Gasteiger partial charge in [0.2, 0.25) is 0 Å². The molecule has 0 spiro atoms. The minimum atomic E-state index is -0.477. The Balaban J connectivity index is 2.91. The molecule has 15 heavy (non-hydrogen) atoms. The monoisotopic (exact) mass is 242 g/mol. The molecule has 1 aromatic heterocycles. The second-order valence-corrected chi connectivity index (χ2v) is 3.61. The van der Waals surface area contributed by atoms with Gasteiger partial charge in [0.05, 0.1) is 10.3 Å². The van der Waals surface area contributed by atoms with Gasteiger partial charge in [0, 0.05) is 11.5 Å². The van der Waals surface area contributed by atoms with Crippen molar-refractivity contribution in [3.8, 4) is 0 Å². The van der Waals surface area contributed by atoms with Crippen molar-refractivity contribution in [2.24, 2.45) is 0 Å². The average molecular weight is 243 g/mol. The first-order chi connectivity index (χ1) is 7.09. The smallest absolute Gasteiger partial charge is 0.258 e.